The van der Waals surface area contributed by atoms with Crippen LogP contribution in [0.3, 0.4) is 0 Å². The smallest absolute Gasteiger partial charge is 0.308 e. The molecule has 2 aliphatic heterocycles. The highest BCUT2D eigenvalue weighted by Gasteiger charge is 2.43. The van der Waals surface area contributed by atoms with Crippen molar-refractivity contribution in [3.8, 4) is 0 Å². The number of carbonyl (C=O) groups excluding carboxylic acids is 4. The Kier molecular flexibility index (Phi) is 8.01. The van der Waals surface area contributed by atoms with E-state index in [-0.39, 0.29) is 36.7 Å². The zero-order chi connectivity index (χ0) is 24.1. The number of hydrogen-bond acceptors (Lipinski definition) is 7. The minimum atomic E-state index is -0.810. The molecule has 1 N–H and O–H groups in total. The number of hydrogen-bond donors (Lipinski definition) is 1. The van der Waals surface area contributed by atoms with Gasteiger partial charge in [0, 0.05) is 24.9 Å². The van der Waals surface area contributed by atoms with Crippen LogP contribution in [-0.2, 0) is 24.0 Å². The quantitative estimate of drug-likeness (QED) is 0.462. The van der Waals surface area contributed by atoms with E-state index < -0.39 is 24.2 Å². The van der Waals surface area contributed by atoms with Crippen LogP contribution in [0, 0.1) is 12.8 Å². The molecular formula is C23H32N4O6. The van der Waals surface area contributed by atoms with Gasteiger partial charge in [-0.2, -0.15) is 5.06 Å². The summed E-state index contributed by atoms with van der Waals surface area (Å²) >= 11 is 0. The summed E-state index contributed by atoms with van der Waals surface area (Å²) < 4.78 is 5.23. The van der Waals surface area contributed by atoms with Crippen LogP contribution in [0.1, 0.15) is 62.5 Å². The molecule has 10 nitrogen and oxygen atoms in total. The second-order valence-electron chi connectivity index (χ2n) is 8.59. The molecule has 1 aromatic heterocycles. The lowest BCUT2D eigenvalue weighted by atomic mass is 10.0. The second kappa shape index (κ2) is 10.7. The average Bonchev–Trinajstić information content (AvgIpc) is 3.44. The maximum atomic E-state index is 13.5. The van der Waals surface area contributed by atoms with Crippen molar-refractivity contribution in [3.63, 3.8) is 0 Å². The predicted molar refractivity (Wildman–Crippen MR) is 117 cm³/mol. The summed E-state index contributed by atoms with van der Waals surface area (Å²) in [7, 11) is 0. The molecule has 2 fully saturated rings. The van der Waals surface area contributed by atoms with Crippen LogP contribution in [0.25, 0.3) is 0 Å². The van der Waals surface area contributed by atoms with Gasteiger partial charge in [-0.25, -0.2) is 0 Å². The Bertz CT molecular complexity index is 905. The third kappa shape index (κ3) is 5.50. The molecule has 0 radical (unpaired) electrons. The molecule has 0 saturated carbocycles. The molecule has 180 valence electrons. The van der Waals surface area contributed by atoms with Gasteiger partial charge in [-0.1, -0.05) is 13.8 Å². The average molecular weight is 461 g/mol. The number of amides is 3. The van der Waals surface area contributed by atoms with E-state index in [0.29, 0.717) is 37.1 Å². The number of hydroxylamine groups is 2. The molecule has 3 heterocycles. The zero-order valence-corrected chi connectivity index (χ0v) is 19.6. The Morgan fingerprint density at radius 1 is 1.33 bits per heavy atom. The Balaban J connectivity index is 1.77. The molecule has 0 unspecified atom stereocenters. The first kappa shape index (κ1) is 24.6. The monoisotopic (exact) mass is 460 g/mol. The number of esters is 1. The highest BCUT2D eigenvalue weighted by atomic mass is 16.7. The predicted octanol–water partition coefficient (Wildman–Crippen LogP) is 1.58. The summed E-state index contributed by atoms with van der Waals surface area (Å²) in [6.07, 6.45) is 2.48. The van der Waals surface area contributed by atoms with Crippen LogP contribution in [0.15, 0.2) is 18.3 Å². The largest absolute Gasteiger partial charge is 0.439 e. The van der Waals surface area contributed by atoms with Crippen LogP contribution < -0.4 is 5.32 Å². The van der Waals surface area contributed by atoms with Crippen molar-refractivity contribution in [3.05, 3.63) is 29.6 Å². The van der Waals surface area contributed by atoms with Crippen LogP contribution in [0.5, 0.6) is 0 Å². The lowest BCUT2D eigenvalue weighted by Gasteiger charge is -2.34. The fourth-order valence-corrected chi connectivity index (χ4v) is 4.17. The van der Waals surface area contributed by atoms with E-state index >= 15 is 0 Å². The summed E-state index contributed by atoms with van der Waals surface area (Å²) in [5.41, 5.74) is 0.966. The topological polar surface area (TPSA) is 118 Å². The van der Waals surface area contributed by atoms with Gasteiger partial charge >= 0.3 is 5.97 Å². The lowest BCUT2D eigenvalue weighted by molar-refractivity contribution is -0.235. The van der Waals surface area contributed by atoms with Gasteiger partial charge in [-0.05, 0) is 44.7 Å². The van der Waals surface area contributed by atoms with E-state index in [1.807, 2.05) is 13.8 Å². The van der Waals surface area contributed by atoms with E-state index in [1.54, 1.807) is 32.2 Å². The van der Waals surface area contributed by atoms with Crippen molar-refractivity contribution < 1.29 is 28.8 Å². The minimum absolute atomic E-state index is 0.200. The summed E-state index contributed by atoms with van der Waals surface area (Å²) in [6.45, 7) is 7.76. The molecule has 0 aromatic carbocycles. The highest BCUT2D eigenvalue weighted by molar-refractivity contribution is 5.99. The summed E-state index contributed by atoms with van der Waals surface area (Å²) in [5.74, 6) is -1.71. The molecule has 0 bridgehead atoms. The van der Waals surface area contributed by atoms with Crippen molar-refractivity contribution in [2.24, 2.45) is 5.92 Å². The fourth-order valence-electron chi connectivity index (χ4n) is 4.17. The van der Waals surface area contributed by atoms with Gasteiger partial charge in [0.1, 0.15) is 12.1 Å². The van der Waals surface area contributed by atoms with Crippen molar-refractivity contribution in [2.45, 2.75) is 71.7 Å². The summed E-state index contributed by atoms with van der Waals surface area (Å²) in [4.78, 5) is 62.4. The number of ether oxygens (including phenoxy) is 1. The van der Waals surface area contributed by atoms with Crippen LogP contribution in [0.2, 0.25) is 0 Å². The molecule has 33 heavy (non-hydrogen) atoms. The van der Waals surface area contributed by atoms with E-state index in [4.69, 9.17) is 9.57 Å². The van der Waals surface area contributed by atoms with E-state index in [0.717, 1.165) is 5.06 Å². The Labute approximate surface area is 193 Å². The first-order valence-electron chi connectivity index (χ1n) is 11.4. The molecule has 2 aliphatic rings. The number of aromatic nitrogens is 1. The number of nitrogens with one attached hydrogen (secondary N) is 1. The van der Waals surface area contributed by atoms with Gasteiger partial charge in [0.05, 0.1) is 18.6 Å². The number of likely N-dealkylation sites (tertiary alicyclic amines) is 1. The molecule has 3 rings (SSSR count). The molecular weight excluding hydrogens is 428 g/mol. The molecule has 3 atom stereocenters. The van der Waals surface area contributed by atoms with Gasteiger partial charge < -0.3 is 15.0 Å². The Morgan fingerprint density at radius 2 is 2.09 bits per heavy atom. The lowest BCUT2D eigenvalue weighted by Crippen LogP contribution is -2.56. The SMILES string of the molecule is CCON(C(=O)[C@@H]1CCCN1C(=O)[C@@H](NC(=O)c1cccnc1C)C(C)C)[C@H]1CCC(=O)O1. The molecule has 0 spiro atoms. The molecule has 2 saturated heterocycles. The van der Waals surface area contributed by atoms with Gasteiger partial charge in [-0.3, -0.25) is 29.0 Å². The maximum Gasteiger partial charge on any atom is 0.308 e. The van der Waals surface area contributed by atoms with E-state index in [9.17, 15) is 19.2 Å². The fraction of sp³-hybridized carbons (Fsp3) is 0.609. The second-order valence-corrected chi connectivity index (χ2v) is 8.59. The number of nitrogens with zero attached hydrogens (tertiary/aromatic N) is 3. The number of pyridine rings is 1. The third-order valence-electron chi connectivity index (χ3n) is 5.90. The van der Waals surface area contributed by atoms with Crippen molar-refractivity contribution >= 4 is 23.7 Å². The molecule has 3 amide bonds. The Hall–Kier alpha value is -3.01. The van der Waals surface area contributed by atoms with Crippen LogP contribution in [0.4, 0.5) is 0 Å². The van der Waals surface area contributed by atoms with E-state index in [1.165, 1.54) is 4.90 Å². The number of aryl methyl sites for hydroxylation is 1. The zero-order valence-electron chi connectivity index (χ0n) is 19.6. The number of carbonyl (C=O) groups is 4. The standard InChI is InChI=1S/C23H32N4O6/c1-5-32-27(18-10-11-19(28)33-18)22(30)17-9-7-13-26(17)23(31)20(14(2)3)25-21(29)16-8-6-12-24-15(16)4/h6,8,12,14,17-18,20H,5,7,9-11,13H2,1-4H3,(H,25,29)/t17-,18+,20-/m0/s1. The van der Waals surface area contributed by atoms with Gasteiger partial charge in [-0.15, -0.1) is 0 Å². The van der Waals surface area contributed by atoms with Gasteiger partial charge in [0.25, 0.3) is 11.8 Å². The Morgan fingerprint density at radius 3 is 2.70 bits per heavy atom. The maximum absolute atomic E-state index is 13.5. The highest BCUT2D eigenvalue weighted by Crippen LogP contribution is 2.26. The molecule has 0 aliphatic carbocycles. The van der Waals surface area contributed by atoms with Gasteiger partial charge in [0.2, 0.25) is 12.1 Å². The summed E-state index contributed by atoms with van der Waals surface area (Å²) in [6, 6.07) is 1.77. The first-order chi connectivity index (χ1) is 15.7. The molecule has 1 aromatic rings. The summed E-state index contributed by atoms with van der Waals surface area (Å²) in [5, 5.41) is 3.93. The molecule has 10 heteroatoms. The van der Waals surface area contributed by atoms with Crippen molar-refractivity contribution in [1.82, 2.24) is 20.3 Å². The normalized spacial score (nSPS) is 21.1. The number of cyclic esters (lactones) is 1. The third-order valence-corrected chi connectivity index (χ3v) is 5.90. The van der Waals surface area contributed by atoms with Crippen LogP contribution >= 0.6 is 0 Å². The van der Waals surface area contributed by atoms with Crippen molar-refractivity contribution in [2.75, 3.05) is 13.2 Å². The van der Waals surface area contributed by atoms with Gasteiger partial charge in [0.15, 0.2) is 0 Å². The number of rotatable bonds is 8. The van der Waals surface area contributed by atoms with Crippen molar-refractivity contribution in [1.29, 1.82) is 0 Å². The van der Waals surface area contributed by atoms with Crippen LogP contribution in [-0.4, -0.2) is 70.1 Å². The first-order valence-corrected chi connectivity index (χ1v) is 11.4. The minimum Gasteiger partial charge on any atom is -0.439 e. The van der Waals surface area contributed by atoms with E-state index in [2.05, 4.69) is 10.3 Å².